The van der Waals surface area contributed by atoms with E-state index in [1.165, 1.54) is 0 Å². The summed E-state index contributed by atoms with van der Waals surface area (Å²) in [5.41, 5.74) is 5.57. The Morgan fingerprint density at radius 1 is 1.69 bits per heavy atom. The van der Waals surface area contributed by atoms with E-state index < -0.39 is 6.04 Å². The monoisotopic (exact) mass is 228 g/mol. The molecule has 1 fully saturated rings. The number of hydrogen-bond donors (Lipinski definition) is 2. The van der Waals surface area contributed by atoms with E-state index in [4.69, 9.17) is 20.1 Å². The quantitative estimate of drug-likeness (QED) is 0.689. The number of ether oxygens (including phenoxy) is 1. The molecule has 0 aromatic carbocycles. The molecule has 1 aromatic rings. The van der Waals surface area contributed by atoms with Crippen molar-refractivity contribution in [1.82, 2.24) is 15.0 Å². The molecule has 0 saturated carbocycles. The van der Waals surface area contributed by atoms with Crippen LogP contribution in [0.5, 0.6) is 0 Å². The Labute approximate surface area is 93.2 Å². The normalized spacial score (nSPS) is 24.6. The molecule has 7 heteroatoms. The Morgan fingerprint density at radius 3 is 3.19 bits per heavy atom. The van der Waals surface area contributed by atoms with E-state index in [1.54, 1.807) is 0 Å². The van der Waals surface area contributed by atoms with Gasteiger partial charge in [0.2, 0.25) is 11.7 Å². The molecule has 90 valence electrons. The van der Waals surface area contributed by atoms with Crippen molar-refractivity contribution in [2.45, 2.75) is 12.1 Å². The fraction of sp³-hybridized carbons (Fsp3) is 0.778. The number of aliphatic hydroxyl groups excluding tert-OH is 1. The highest BCUT2D eigenvalue weighted by molar-refractivity contribution is 4.96. The molecule has 1 aromatic heterocycles. The first kappa shape index (κ1) is 11.5. The van der Waals surface area contributed by atoms with Crippen LogP contribution in [0.15, 0.2) is 4.52 Å². The maximum Gasteiger partial charge on any atom is 0.246 e. The highest BCUT2D eigenvalue weighted by Gasteiger charge is 2.25. The molecule has 16 heavy (non-hydrogen) atoms. The number of nitrogens with two attached hydrogens (primary N) is 1. The third kappa shape index (κ3) is 2.38. The van der Waals surface area contributed by atoms with E-state index in [9.17, 15) is 0 Å². The third-order valence-electron chi connectivity index (χ3n) is 2.53. The van der Waals surface area contributed by atoms with Crippen molar-refractivity contribution < 1.29 is 14.4 Å². The van der Waals surface area contributed by atoms with Gasteiger partial charge in [-0.2, -0.15) is 4.98 Å². The molecular weight excluding hydrogens is 212 g/mol. The molecule has 2 rings (SSSR count). The first-order chi connectivity index (χ1) is 7.70. The second-order valence-corrected chi connectivity index (χ2v) is 3.90. The zero-order valence-electron chi connectivity index (χ0n) is 9.17. The van der Waals surface area contributed by atoms with Crippen LogP contribution in [0.25, 0.3) is 0 Å². The van der Waals surface area contributed by atoms with Gasteiger partial charge in [-0.25, -0.2) is 0 Å². The van der Waals surface area contributed by atoms with Gasteiger partial charge in [-0.3, -0.25) is 0 Å². The van der Waals surface area contributed by atoms with Gasteiger partial charge in [0.25, 0.3) is 0 Å². The van der Waals surface area contributed by atoms with Gasteiger partial charge in [0.1, 0.15) is 12.1 Å². The van der Waals surface area contributed by atoms with Gasteiger partial charge in [0.05, 0.1) is 13.2 Å². The van der Waals surface area contributed by atoms with E-state index in [2.05, 4.69) is 15.0 Å². The minimum atomic E-state index is -0.623. The van der Waals surface area contributed by atoms with Gasteiger partial charge in [-0.05, 0) is 7.05 Å². The van der Waals surface area contributed by atoms with Gasteiger partial charge >= 0.3 is 0 Å². The molecule has 1 aliphatic heterocycles. The molecular formula is C9H16N4O3. The second-order valence-electron chi connectivity index (χ2n) is 3.90. The molecule has 1 aliphatic rings. The minimum Gasteiger partial charge on any atom is -0.394 e. The lowest BCUT2D eigenvalue weighted by Crippen LogP contribution is -2.35. The molecule has 7 nitrogen and oxygen atoms in total. The lowest BCUT2D eigenvalue weighted by atomic mass is 10.2. The fourth-order valence-corrected chi connectivity index (χ4v) is 1.54. The van der Waals surface area contributed by atoms with E-state index in [-0.39, 0.29) is 18.6 Å². The second kappa shape index (κ2) is 4.88. The summed E-state index contributed by atoms with van der Waals surface area (Å²) in [5.74, 6) is 0.736. The first-order valence-corrected chi connectivity index (χ1v) is 5.20. The first-order valence-electron chi connectivity index (χ1n) is 5.20. The Morgan fingerprint density at radius 2 is 2.50 bits per heavy atom. The molecule has 0 radical (unpaired) electrons. The average molecular weight is 228 g/mol. The summed E-state index contributed by atoms with van der Waals surface area (Å²) in [6.07, 6.45) is -0.179. The maximum atomic E-state index is 8.86. The zero-order chi connectivity index (χ0) is 11.5. The fourth-order valence-electron chi connectivity index (χ4n) is 1.54. The predicted octanol–water partition coefficient (Wildman–Crippen LogP) is -0.935. The predicted molar refractivity (Wildman–Crippen MR) is 54.5 cm³/mol. The molecule has 0 aliphatic carbocycles. The van der Waals surface area contributed by atoms with Crippen molar-refractivity contribution in [2.24, 2.45) is 5.73 Å². The van der Waals surface area contributed by atoms with Crippen molar-refractivity contribution in [1.29, 1.82) is 0 Å². The smallest absolute Gasteiger partial charge is 0.246 e. The highest BCUT2D eigenvalue weighted by atomic mass is 16.5. The molecule has 2 heterocycles. The van der Waals surface area contributed by atoms with Crippen molar-refractivity contribution >= 4 is 0 Å². The number of aromatic nitrogens is 2. The van der Waals surface area contributed by atoms with Gasteiger partial charge in [0.15, 0.2) is 0 Å². The molecule has 0 amide bonds. The van der Waals surface area contributed by atoms with Crippen molar-refractivity contribution in [2.75, 3.05) is 33.4 Å². The Bertz CT molecular complexity index is 343. The summed E-state index contributed by atoms with van der Waals surface area (Å²) in [6.45, 7) is 2.06. The van der Waals surface area contributed by atoms with Crippen LogP contribution in [-0.4, -0.2) is 53.5 Å². The topological polar surface area (TPSA) is 97.6 Å². The van der Waals surface area contributed by atoms with Crippen LogP contribution < -0.4 is 5.73 Å². The van der Waals surface area contributed by atoms with Crippen LogP contribution in [0.1, 0.15) is 23.9 Å². The van der Waals surface area contributed by atoms with Crippen LogP contribution in [0.3, 0.4) is 0 Å². The summed E-state index contributed by atoms with van der Waals surface area (Å²) in [5, 5.41) is 12.7. The standard InChI is InChI=1S/C9H16N4O3/c1-13-2-3-15-7(4-13)8-11-9(16-12-8)6(10)5-14/h6-7,14H,2-5,10H2,1H3. The maximum absolute atomic E-state index is 8.86. The van der Waals surface area contributed by atoms with Gasteiger partial charge in [0, 0.05) is 13.1 Å². The van der Waals surface area contributed by atoms with Crippen LogP contribution in [-0.2, 0) is 4.74 Å². The number of morpholine rings is 1. The van der Waals surface area contributed by atoms with Crippen LogP contribution in [0.4, 0.5) is 0 Å². The average Bonchev–Trinajstić information content (AvgIpc) is 2.77. The van der Waals surface area contributed by atoms with Crippen LogP contribution >= 0.6 is 0 Å². The Kier molecular flexibility index (Phi) is 3.49. The third-order valence-corrected chi connectivity index (χ3v) is 2.53. The van der Waals surface area contributed by atoms with E-state index >= 15 is 0 Å². The zero-order valence-corrected chi connectivity index (χ0v) is 9.17. The molecule has 0 spiro atoms. The van der Waals surface area contributed by atoms with Gasteiger partial charge in [-0.15, -0.1) is 0 Å². The number of aliphatic hydroxyl groups is 1. The van der Waals surface area contributed by atoms with E-state index in [1.807, 2.05) is 7.05 Å². The lowest BCUT2D eigenvalue weighted by Gasteiger charge is -2.27. The largest absolute Gasteiger partial charge is 0.394 e. The van der Waals surface area contributed by atoms with Crippen LogP contribution in [0, 0.1) is 0 Å². The Hall–Kier alpha value is -1.02. The van der Waals surface area contributed by atoms with Crippen LogP contribution in [0.2, 0.25) is 0 Å². The van der Waals surface area contributed by atoms with Gasteiger partial charge in [-0.1, -0.05) is 5.16 Å². The SMILES string of the molecule is CN1CCOC(c2noc(C(N)CO)n2)C1. The highest BCUT2D eigenvalue weighted by Crippen LogP contribution is 2.19. The van der Waals surface area contributed by atoms with Crippen molar-refractivity contribution in [3.8, 4) is 0 Å². The minimum absolute atomic E-state index is 0.179. The summed E-state index contributed by atoms with van der Waals surface area (Å²) >= 11 is 0. The number of likely N-dealkylation sites (N-methyl/N-ethyl adjacent to an activating group) is 1. The molecule has 1 saturated heterocycles. The summed E-state index contributed by atoms with van der Waals surface area (Å²) < 4.78 is 10.5. The van der Waals surface area contributed by atoms with Gasteiger partial charge < -0.3 is 25.0 Å². The van der Waals surface area contributed by atoms with Crippen molar-refractivity contribution in [3.05, 3.63) is 11.7 Å². The summed E-state index contributed by atoms with van der Waals surface area (Å²) in [4.78, 5) is 6.26. The van der Waals surface area contributed by atoms with E-state index in [0.29, 0.717) is 12.4 Å². The molecule has 3 N–H and O–H groups in total. The number of rotatable bonds is 3. The molecule has 0 bridgehead atoms. The van der Waals surface area contributed by atoms with E-state index in [0.717, 1.165) is 13.1 Å². The lowest BCUT2D eigenvalue weighted by molar-refractivity contribution is -0.0264. The number of hydrogen-bond acceptors (Lipinski definition) is 7. The summed E-state index contributed by atoms with van der Waals surface area (Å²) in [6, 6.07) is -0.623. The van der Waals surface area contributed by atoms with Crippen molar-refractivity contribution in [3.63, 3.8) is 0 Å². The summed E-state index contributed by atoms with van der Waals surface area (Å²) in [7, 11) is 2.01. The molecule has 2 unspecified atom stereocenters. The Balaban J connectivity index is 2.06. The molecule has 2 atom stereocenters. The number of nitrogens with zero attached hydrogens (tertiary/aromatic N) is 3.